The summed E-state index contributed by atoms with van der Waals surface area (Å²) in [6.07, 6.45) is 3.31. The van der Waals surface area contributed by atoms with E-state index in [1.54, 1.807) is 31.3 Å². The predicted octanol–water partition coefficient (Wildman–Crippen LogP) is 1.26. The first-order valence-electron chi connectivity index (χ1n) is 8.63. The Bertz CT molecular complexity index is 1060. The van der Waals surface area contributed by atoms with Crippen LogP contribution in [0.2, 0.25) is 0 Å². The average molecular weight is 368 g/mol. The summed E-state index contributed by atoms with van der Waals surface area (Å²) in [7, 11) is 3.36. The number of pyridine rings is 1. The number of imidazole rings is 1. The van der Waals surface area contributed by atoms with Crippen molar-refractivity contribution in [2.45, 2.75) is 12.6 Å². The van der Waals surface area contributed by atoms with E-state index in [9.17, 15) is 9.59 Å². The number of benzene rings is 1. The highest BCUT2D eigenvalue weighted by molar-refractivity contribution is 5.83. The third-order valence-corrected chi connectivity index (χ3v) is 4.75. The minimum atomic E-state index is -0.211. The highest BCUT2D eigenvalue weighted by atomic mass is 16.5. The van der Waals surface area contributed by atoms with Gasteiger partial charge in [0, 0.05) is 36.9 Å². The lowest BCUT2D eigenvalue weighted by atomic mass is 10.1. The first-order chi connectivity index (χ1) is 13.0. The van der Waals surface area contributed by atoms with Crippen molar-refractivity contribution in [3.05, 3.63) is 47.0 Å². The summed E-state index contributed by atoms with van der Waals surface area (Å²) in [6, 6.07) is 7.30. The molecule has 1 saturated heterocycles. The molecule has 4 rings (SSSR count). The molecule has 1 N–H and O–H groups in total. The molecule has 0 spiro atoms. The molecule has 8 heteroatoms. The standard InChI is InChI=1S/C19H20N4O4/c1-22-9-14(27-11-17(22)24)10-23-6-5-20-18(23)15-8-12-7-13(26-2)3-4-16(12)21-19(15)25/h3-8,14H,9-11H2,1-2H3,(H,21,25). The van der Waals surface area contributed by atoms with Crippen LogP contribution in [0.1, 0.15) is 0 Å². The number of nitrogens with zero attached hydrogens (tertiary/aromatic N) is 3. The number of fused-ring (bicyclic) bond motifs is 1. The number of aromatic nitrogens is 3. The summed E-state index contributed by atoms with van der Waals surface area (Å²) in [5.74, 6) is 1.24. The van der Waals surface area contributed by atoms with Gasteiger partial charge in [0.1, 0.15) is 18.2 Å². The second-order valence-electron chi connectivity index (χ2n) is 6.58. The highest BCUT2D eigenvalue weighted by Crippen LogP contribution is 2.23. The van der Waals surface area contributed by atoms with Gasteiger partial charge < -0.3 is 23.9 Å². The Morgan fingerprint density at radius 1 is 1.33 bits per heavy atom. The van der Waals surface area contributed by atoms with E-state index in [1.807, 2.05) is 29.0 Å². The molecule has 0 radical (unpaired) electrons. The molecule has 1 atom stereocenters. The van der Waals surface area contributed by atoms with E-state index in [0.29, 0.717) is 30.2 Å². The predicted molar refractivity (Wildman–Crippen MR) is 99.7 cm³/mol. The fourth-order valence-corrected chi connectivity index (χ4v) is 3.27. The zero-order chi connectivity index (χ0) is 19.0. The molecule has 1 amide bonds. The second-order valence-corrected chi connectivity index (χ2v) is 6.58. The number of morpholine rings is 1. The molecule has 0 aliphatic carbocycles. The van der Waals surface area contributed by atoms with Gasteiger partial charge in [-0.3, -0.25) is 9.59 Å². The molecule has 1 aliphatic heterocycles. The van der Waals surface area contributed by atoms with Gasteiger partial charge in [-0.15, -0.1) is 0 Å². The molecule has 8 nitrogen and oxygen atoms in total. The topological polar surface area (TPSA) is 89.5 Å². The number of H-pyrrole nitrogens is 1. The van der Waals surface area contributed by atoms with Crippen molar-refractivity contribution in [2.24, 2.45) is 0 Å². The van der Waals surface area contributed by atoms with Gasteiger partial charge in [-0.1, -0.05) is 0 Å². The first kappa shape index (κ1) is 17.3. The lowest BCUT2D eigenvalue weighted by Gasteiger charge is -2.30. The molecule has 0 saturated carbocycles. The SMILES string of the molecule is COc1ccc2[nH]c(=O)c(-c3nccn3CC3CN(C)C(=O)CO3)cc2c1. The molecular weight excluding hydrogens is 348 g/mol. The summed E-state index contributed by atoms with van der Waals surface area (Å²) in [5, 5.41) is 0.859. The van der Waals surface area contributed by atoms with Gasteiger partial charge in [-0.25, -0.2) is 4.98 Å². The maximum Gasteiger partial charge on any atom is 0.259 e. The van der Waals surface area contributed by atoms with E-state index in [4.69, 9.17) is 9.47 Å². The van der Waals surface area contributed by atoms with Crippen molar-refractivity contribution in [2.75, 3.05) is 27.3 Å². The molecule has 1 aromatic carbocycles. The van der Waals surface area contributed by atoms with Crippen LogP contribution in [0, 0.1) is 0 Å². The summed E-state index contributed by atoms with van der Waals surface area (Å²) in [4.78, 5) is 33.1. The zero-order valence-corrected chi connectivity index (χ0v) is 15.1. The van der Waals surface area contributed by atoms with Gasteiger partial charge in [-0.2, -0.15) is 0 Å². The van der Waals surface area contributed by atoms with Crippen LogP contribution in [0.4, 0.5) is 0 Å². The molecular formula is C19H20N4O4. The number of hydrogen-bond donors (Lipinski definition) is 1. The largest absolute Gasteiger partial charge is 0.497 e. The van der Waals surface area contributed by atoms with Gasteiger partial charge in [0.15, 0.2) is 0 Å². The number of aromatic amines is 1. The lowest BCUT2D eigenvalue weighted by molar-refractivity contribution is -0.147. The van der Waals surface area contributed by atoms with E-state index < -0.39 is 0 Å². The van der Waals surface area contributed by atoms with Crippen LogP contribution < -0.4 is 10.3 Å². The van der Waals surface area contributed by atoms with Gasteiger partial charge >= 0.3 is 0 Å². The number of carbonyl (C=O) groups excluding carboxylic acids is 1. The van der Waals surface area contributed by atoms with Gasteiger partial charge in [-0.05, 0) is 24.3 Å². The first-order valence-corrected chi connectivity index (χ1v) is 8.63. The highest BCUT2D eigenvalue weighted by Gasteiger charge is 2.24. The molecule has 3 heterocycles. The molecule has 0 bridgehead atoms. The maximum atomic E-state index is 12.6. The number of methoxy groups -OCH3 is 1. The number of rotatable bonds is 4. The van der Waals surface area contributed by atoms with Crippen LogP contribution >= 0.6 is 0 Å². The summed E-state index contributed by atoms with van der Waals surface area (Å²) < 4.78 is 12.8. The van der Waals surface area contributed by atoms with Crippen LogP contribution in [0.25, 0.3) is 22.3 Å². The van der Waals surface area contributed by atoms with E-state index in [0.717, 1.165) is 10.9 Å². The normalized spacial score (nSPS) is 17.5. The zero-order valence-electron chi connectivity index (χ0n) is 15.1. The maximum absolute atomic E-state index is 12.6. The summed E-state index contributed by atoms with van der Waals surface area (Å²) >= 11 is 0. The summed E-state index contributed by atoms with van der Waals surface area (Å²) in [6.45, 7) is 1.08. The Hall–Kier alpha value is -3.13. The Morgan fingerprint density at radius 2 is 2.19 bits per heavy atom. The fraction of sp³-hybridized carbons (Fsp3) is 0.316. The Kier molecular flexibility index (Phi) is 4.41. The monoisotopic (exact) mass is 368 g/mol. The number of ether oxygens (including phenoxy) is 2. The van der Waals surface area contributed by atoms with Crippen LogP contribution in [0.3, 0.4) is 0 Å². The van der Waals surface area contributed by atoms with E-state index in [2.05, 4.69) is 9.97 Å². The molecule has 3 aromatic rings. The van der Waals surface area contributed by atoms with Crippen LogP contribution in [-0.2, 0) is 16.1 Å². The molecule has 1 unspecified atom stereocenters. The van der Waals surface area contributed by atoms with Crippen molar-refractivity contribution in [1.29, 1.82) is 0 Å². The fourth-order valence-electron chi connectivity index (χ4n) is 3.27. The number of nitrogens with one attached hydrogen (secondary N) is 1. The van der Waals surface area contributed by atoms with Crippen molar-refractivity contribution < 1.29 is 14.3 Å². The lowest BCUT2D eigenvalue weighted by Crippen LogP contribution is -2.45. The minimum absolute atomic E-state index is 0.0305. The number of carbonyl (C=O) groups is 1. The number of likely N-dealkylation sites (N-methyl/N-ethyl adjacent to an activating group) is 1. The van der Waals surface area contributed by atoms with Crippen LogP contribution in [0.15, 0.2) is 41.5 Å². The Morgan fingerprint density at radius 3 is 2.96 bits per heavy atom. The third kappa shape index (κ3) is 3.31. The molecule has 1 fully saturated rings. The second kappa shape index (κ2) is 6.88. The quantitative estimate of drug-likeness (QED) is 0.749. The third-order valence-electron chi connectivity index (χ3n) is 4.75. The van der Waals surface area contributed by atoms with Gasteiger partial charge in [0.25, 0.3) is 5.56 Å². The average Bonchev–Trinajstić information content (AvgIpc) is 3.11. The van der Waals surface area contributed by atoms with Crippen LogP contribution in [0.5, 0.6) is 5.75 Å². The number of hydrogen-bond acceptors (Lipinski definition) is 5. The van der Waals surface area contributed by atoms with E-state index in [-0.39, 0.29) is 24.2 Å². The van der Waals surface area contributed by atoms with Crippen molar-refractivity contribution >= 4 is 16.8 Å². The van der Waals surface area contributed by atoms with E-state index in [1.165, 1.54) is 0 Å². The Balaban J connectivity index is 1.68. The number of amides is 1. The van der Waals surface area contributed by atoms with Crippen molar-refractivity contribution in [3.8, 4) is 17.1 Å². The molecule has 140 valence electrons. The van der Waals surface area contributed by atoms with E-state index >= 15 is 0 Å². The van der Waals surface area contributed by atoms with Crippen LogP contribution in [-0.4, -0.2) is 58.8 Å². The summed E-state index contributed by atoms with van der Waals surface area (Å²) in [5.41, 5.74) is 0.997. The van der Waals surface area contributed by atoms with Crippen molar-refractivity contribution in [1.82, 2.24) is 19.4 Å². The minimum Gasteiger partial charge on any atom is -0.497 e. The molecule has 27 heavy (non-hydrogen) atoms. The molecule has 1 aliphatic rings. The van der Waals surface area contributed by atoms with Gasteiger partial charge in [0.2, 0.25) is 5.91 Å². The van der Waals surface area contributed by atoms with Crippen molar-refractivity contribution in [3.63, 3.8) is 0 Å². The smallest absolute Gasteiger partial charge is 0.259 e. The Labute approximate surface area is 155 Å². The molecule has 2 aromatic heterocycles. The van der Waals surface area contributed by atoms with Gasteiger partial charge in [0.05, 0.1) is 25.3 Å².